The summed E-state index contributed by atoms with van der Waals surface area (Å²) in [6.45, 7) is -1.85. The molecule has 17 heteroatoms. The highest BCUT2D eigenvalue weighted by Gasteiger charge is 2.90. The van der Waals surface area contributed by atoms with E-state index in [1.54, 1.807) is 0 Å². The highest BCUT2D eigenvalue weighted by atomic mass is 31.2. The summed E-state index contributed by atoms with van der Waals surface area (Å²) < 4.78 is 168. The van der Waals surface area contributed by atoms with Gasteiger partial charge < -0.3 is 14.3 Å². The van der Waals surface area contributed by atoms with Gasteiger partial charge >= 0.3 is 44.4 Å². The maximum absolute atomic E-state index is 13.1. The quantitative estimate of drug-likeness (QED) is 0.447. The van der Waals surface area contributed by atoms with Crippen molar-refractivity contribution in [2.75, 3.05) is 6.61 Å². The molecule has 0 amide bonds. The topological polar surface area (TPSA) is 49.7 Å². The monoisotopic (exact) mass is 428 g/mol. The highest BCUT2D eigenvalue weighted by molar-refractivity contribution is 7.39. The van der Waals surface area contributed by atoms with Crippen LogP contribution >= 0.6 is 8.60 Å². The molecule has 0 unspecified atom stereocenters. The summed E-state index contributed by atoms with van der Waals surface area (Å²) in [5.41, 5.74) is 0. The number of hydrogen-bond acceptors (Lipinski definition) is 3. The van der Waals surface area contributed by atoms with Crippen LogP contribution in [-0.2, 0) is 4.52 Å². The first-order valence-corrected chi connectivity index (χ1v) is 6.60. The van der Waals surface area contributed by atoms with E-state index >= 15 is 0 Å². The maximum atomic E-state index is 13.1. The molecule has 0 saturated heterocycles. The Kier molecular flexibility index (Phi) is 6.69. The summed E-state index contributed by atoms with van der Waals surface area (Å²) in [6.07, 6.45) is -10.1. The number of hydrogen-bond donors (Lipinski definition) is 2. The van der Waals surface area contributed by atoms with Crippen LogP contribution in [0.25, 0.3) is 0 Å². The molecule has 0 rings (SSSR count). The maximum Gasteiger partial charge on any atom is 0.460 e. The van der Waals surface area contributed by atoms with Crippen LogP contribution in [0.2, 0.25) is 0 Å². The van der Waals surface area contributed by atoms with E-state index in [2.05, 4.69) is 4.52 Å². The first-order valence-electron chi connectivity index (χ1n) is 5.43. The summed E-state index contributed by atoms with van der Waals surface area (Å²) >= 11 is 0. The molecule has 0 radical (unpaired) electrons. The molecule has 0 fully saturated rings. The lowest BCUT2D eigenvalue weighted by Gasteiger charge is -2.39. The van der Waals surface area contributed by atoms with Crippen LogP contribution in [0.4, 0.5) is 57.1 Å². The van der Waals surface area contributed by atoms with E-state index in [-0.39, 0.29) is 0 Å². The van der Waals surface area contributed by atoms with Gasteiger partial charge in [-0.05, 0) is 0 Å². The van der Waals surface area contributed by atoms with Gasteiger partial charge in [-0.15, -0.1) is 0 Å². The predicted octanol–water partition coefficient (Wildman–Crippen LogP) is 4.34. The van der Waals surface area contributed by atoms with Gasteiger partial charge in [0.25, 0.3) is 0 Å². The lowest BCUT2D eigenvalue weighted by atomic mass is 9.93. The molecule has 0 aromatic carbocycles. The molecule has 0 aliphatic carbocycles. The second kappa shape index (κ2) is 6.85. The molecule has 2 N–H and O–H groups in total. The van der Waals surface area contributed by atoms with Crippen molar-refractivity contribution in [3.8, 4) is 0 Å². The highest BCUT2D eigenvalue weighted by Crippen LogP contribution is 2.60. The van der Waals surface area contributed by atoms with Crippen LogP contribution in [0.15, 0.2) is 0 Å². The van der Waals surface area contributed by atoms with Crippen molar-refractivity contribution in [3.05, 3.63) is 0 Å². The van der Waals surface area contributed by atoms with E-state index < -0.39 is 57.4 Å². The fourth-order valence-corrected chi connectivity index (χ4v) is 1.47. The van der Waals surface area contributed by atoms with Crippen molar-refractivity contribution < 1.29 is 71.4 Å². The Morgan fingerprint density at radius 2 is 0.960 bits per heavy atom. The normalized spacial score (nSPS) is 15.8. The average Bonchev–Trinajstić information content (AvgIpc) is 2.35. The smallest absolute Gasteiger partial charge is 0.328 e. The summed E-state index contributed by atoms with van der Waals surface area (Å²) in [5, 5.41) is 0. The zero-order valence-electron chi connectivity index (χ0n) is 11.1. The van der Waals surface area contributed by atoms with Gasteiger partial charge in [0, 0.05) is 6.42 Å². The molecule has 0 aromatic rings. The Hall–Kier alpha value is -0.600. The molecule has 0 bridgehead atoms. The van der Waals surface area contributed by atoms with Crippen LogP contribution in [-0.4, -0.2) is 52.2 Å². The van der Waals surface area contributed by atoms with Crippen LogP contribution in [0.3, 0.4) is 0 Å². The summed E-state index contributed by atoms with van der Waals surface area (Å²) in [6, 6.07) is 0. The molecule has 0 atom stereocenters. The summed E-state index contributed by atoms with van der Waals surface area (Å²) in [7, 11) is -3.46. The lowest BCUT2D eigenvalue weighted by molar-refractivity contribution is -0.440. The van der Waals surface area contributed by atoms with Gasteiger partial charge in [-0.1, -0.05) is 0 Å². The van der Waals surface area contributed by atoms with Crippen molar-refractivity contribution in [2.24, 2.45) is 0 Å². The minimum atomic E-state index is -7.95. The van der Waals surface area contributed by atoms with Gasteiger partial charge in [-0.25, -0.2) is 0 Å². The van der Waals surface area contributed by atoms with E-state index in [1.165, 1.54) is 0 Å². The largest absolute Gasteiger partial charge is 0.460 e. The van der Waals surface area contributed by atoms with Crippen molar-refractivity contribution in [2.45, 2.75) is 42.2 Å². The molecule has 0 aromatic heterocycles. The number of alkyl halides is 13. The fraction of sp³-hybridized carbons (Fsp3) is 1.00. The average molecular weight is 428 g/mol. The van der Waals surface area contributed by atoms with Crippen molar-refractivity contribution >= 4 is 8.60 Å². The number of rotatable bonds is 8. The predicted molar refractivity (Wildman–Crippen MR) is 52.7 cm³/mol. The first-order chi connectivity index (χ1) is 10.7. The van der Waals surface area contributed by atoms with Crippen molar-refractivity contribution in [3.63, 3.8) is 0 Å². The molecule has 3 nitrogen and oxygen atoms in total. The standard InChI is InChI=1S/C8H6F13O3P/c9-3(10,1-2-24-25(22)23)4(11,12)5(13,14)6(15,16)7(17,18)8(19,20)21/h22-23H,1-2H2. The Morgan fingerprint density at radius 3 is 1.28 bits per heavy atom. The van der Waals surface area contributed by atoms with E-state index in [0.717, 1.165) is 0 Å². The molecule has 25 heavy (non-hydrogen) atoms. The Balaban J connectivity index is 5.86. The van der Waals surface area contributed by atoms with Crippen LogP contribution in [0, 0.1) is 0 Å². The van der Waals surface area contributed by atoms with Gasteiger partial charge in [0.05, 0.1) is 6.61 Å². The molecular weight excluding hydrogens is 422 g/mol. The van der Waals surface area contributed by atoms with Crippen LogP contribution < -0.4 is 0 Å². The third kappa shape index (κ3) is 4.06. The second-order valence-corrected chi connectivity index (χ2v) is 5.10. The third-order valence-corrected chi connectivity index (χ3v) is 3.03. The van der Waals surface area contributed by atoms with E-state index in [1.807, 2.05) is 0 Å². The van der Waals surface area contributed by atoms with E-state index in [4.69, 9.17) is 9.79 Å². The van der Waals surface area contributed by atoms with Gasteiger partial charge in [0.1, 0.15) is 0 Å². The Labute approximate surface area is 130 Å². The van der Waals surface area contributed by atoms with E-state index in [9.17, 15) is 57.1 Å². The molecule has 0 aliphatic rings. The SMILES string of the molecule is OP(O)OCCC(F)(F)C(F)(F)C(F)(F)C(F)(F)C(F)(F)C(F)(F)F. The molecule has 152 valence electrons. The molecule has 0 aliphatic heterocycles. The zero-order chi connectivity index (χ0) is 20.7. The zero-order valence-corrected chi connectivity index (χ0v) is 12.0. The molecule has 0 saturated carbocycles. The molecular formula is C8H6F13O3P. The molecule has 0 heterocycles. The van der Waals surface area contributed by atoms with Gasteiger partial charge in [0.2, 0.25) is 0 Å². The van der Waals surface area contributed by atoms with Gasteiger partial charge in [-0.2, -0.15) is 57.1 Å². The Bertz CT molecular complexity index is 461. The van der Waals surface area contributed by atoms with Gasteiger partial charge in [-0.3, -0.25) is 0 Å². The fourth-order valence-electron chi connectivity index (χ4n) is 1.21. The van der Waals surface area contributed by atoms with Crippen molar-refractivity contribution in [1.82, 2.24) is 0 Å². The van der Waals surface area contributed by atoms with Crippen LogP contribution in [0.1, 0.15) is 6.42 Å². The lowest BCUT2D eigenvalue weighted by Crippen LogP contribution is -2.70. The minimum absolute atomic E-state index is 1.85. The first kappa shape index (κ1) is 24.4. The number of halogens is 13. The Morgan fingerprint density at radius 1 is 0.600 bits per heavy atom. The van der Waals surface area contributed by atoms with E-state index in [0.29, 0.717) is 0 Å². The van der Waals surface area contributed by atoms with Gasteiger partial charge in [0.15, 0.2) is 0 Å². The van der Waals surface area contributed by atoms with Crippen molar-refractivity contribution in [1.29, 1.82) is 0 Å². The summed E-state index contributed by atoms with van der Waals surface area (Å²) in [4.78, 5) is 16.2. The third-order valence-electron chi connectivity index (χ3n) is 2.62. The summed E-state index contributed by atoms with van der Waals surface area (Å²) in [5.74, 6) is -37.3. The minimum Gasteiger partial charge on any atom is -0.328 e. The second-order valence-electron chi connectivity index (χ2n) is 4.34. The molecule has 0 spiro atoms. The van der Waals surface area contributed by atoms with Crippen LogP contribution in [0.5, 0.6) is 0 Å².